The van der Waals surface area contributed by atoms with Crippen LogP contribution >= 0.6 is 0 Å². The van der Waals surface area contributed by atoms with Gasteiger partial charge in [0.05, 0.1) is 0 Å². The standard InChI is InChI=1S/2C4H8O.2C2N10.6C2H8N2.2Ni/c2*1-2-4-5-3-1;2*3(1-5-9-10-6-1)4-2-7-11-12-8-2;6*3-1-2-4;;/h2*1-4H2;;;6*1-4H2;;/q;;2*-2;;;;;;;2*+2/b;;2*4-3+;;;;;;;;. The Kier molecular flexibility index (Phi) is 72.3. The second-order valence-electron chi connectivity index (χ2n) is 9.22. The summed E-state index contributed by atoms with van der Waals surface area (Å²) < 4.78 is 9.89. The molecule has 0 aliphatic carbocycles. The zero-order valence-electron chi connectivity index (χ0n) is 33.5. The van der Waals surface area contributed by atoms with Gasteiger partial charge in [-0.25, -0.2) is 20.4 Å². The van der Waals surface area contributed by atoms with E-state index in [0.29, 0.717) is 78.5 Å². The number of nitrogens with two attached hydrogens (primary N) is 12. The van der Waals surface area contributed by atoms with Gasteiger partial charge in [-0.1, -0.05) is 0 Å². The number of hydrogen-bond acceptors (Lipinski definition) is 30. The van der Waals surface area contributed by atoms with Gasteiger partial charge in [0.25, 0.3) is 0 Å². The van der Waals surface area contributed by atoms with Crippen molar-refractivity contribution in [2.24, 2.45) is 89.3 Å². The first-order valence-corrected chi connectivity index (χ1v) is 17.5. The minimum atomic E-state index is 0. The van der Waals surface area contributed by atoms with Crippen molar-refractivity contribution in [3.63, 3.8) is 0 Å². The molecule has 24 N–H and O–H groups in total. The molecule has 2 aliphatic heterocycles. The number of hydrogen-bond donors (Lipinski definition) is 12. The zero-order valence-corrected chi connectivity index (χ0v) is 35.4. The Bertz CT molecular complexity index is 1020. The Balaban J connectivity index is -0.000000141. The van der Waals surface area contributed by atoms with Crippen LogP contribution in [0.3, 0.4) is 0 Å². The van der Waals surface area contributed by atoms with E-state index in [0.717, 1.165) is 26.4 Å². The fourth-order valence-electron chi connectivity index (χ4n) is 1.92. The average molecular weight is 950 g/mol. The van der Waals surface area contributed by atoms with Gasteiger partial charge in [-0.15, -0.1) is 20.9 Å². The molecule has 6 heterocycles. The van der Waals surface area contributed by atoms with E-state index in [2.05, 4.69) is 103 Å². The first kappa shape index (κ1) is 67.7. The summed E-state index contributed by atoms with van der Waals surface area (Å²) in [6.45, 7) is 11.2. The van der Waals surface area contributed by atoms with E-state index in [9.17, 15) is 0 Å². The summed E-state index contributed by atoms with van der Waals surface area (Å²) in [5.41, 5.74) is 58.8. The summed E-state index contributed by atoms with van der Waals surface area (Å²) in [5.74, 6) is 0.166. The molecule has 60 heavy (non-hydrogen) atoms. The van der Waals surface area contributed by atoms with E-state index in [1.54, 1.807) is 0 Å². The van der Waals surface area contributed by atoms with Crippen molar-refractivity contribution in [1.29, 1.82) is 0 Å². The molecule has 2 aliphatic rings. The fourth-order valence-corrected chi connectivity index (χ4v) is 1.92. The normalized spacial score (nSPS) is 11.4. The van der Waals surface area contributed by atoms with E-state index >= 15 is 0 Å². The van der Waals surface area contributed by atoms with Gasteiger partial charge in [0, 0.05) is 105 Å². The van der Waals surface area contributed by atoms with Crippen molar-refractivity contribution in [2.45, 2.75) is 25.7 Å². The second kappa shape index (κ2) is 64.1. The maximum atomic E-state index is 4.94. The maximum absolute atomic E-state index is 4.94. The molecular weight excluding hydrogens is 886 g/mol. The monoisotopic (exact) mass is 948 g/mol. The van der Waals surface area contributed by atoms with Gasteiger partial charge >= 0.3 is 33.0 Å². The Hall–Kier alpha value is -4.09. The molecule has 0 aromatic carbocycles. The van der Waals surface area contributed by atoms with Gasteiger partial charge in [0.2, 0.25) is 0 Å². The van der Waals surface area contributed by atoms with Crippen molar-refractivity contribution < 1.29 is 42.5 Å². The number of tetrazole rings is 4. The van der Waals surface area contributed by atoms with E-state index in [-0.39, 0.29) is 56.8 Å². The van der Waals surface area contributed by atoms with Crippen molar-refractivity contribution >= 4 is 23.8 Å². The van der Waals surface area contributed by atoms with Crippen LogP contribution in [-0.2, 0) is 42.5 Å². The molecular formula is C24H64N32Ni2O2. The largest absolute Gasteiger partial charge is 2.00 e. The maximum Gasteiger partial charge on any atom is 2.00 e. The number of nitrogens with zero attached hydrogens (tertiary/aromatic N) is 20. The zero-order chi connectivity index (χ0) is 44.0. The van der Waals surface area contributed by atoms with Gasteiger partial charge in [-0.3, -0.25) is 40.9 Å². The molecule has 0 atom stereocenters. The van der Waals surface area contributed by atoms with E-state index in [1.807, 2.05) is 0 Å². The molecule has 2 saturated heterocycles. The van der Waals surface area contributed by atoms with Crippen LogP contribution in [0.2, 0.25) is 0 Å². The minimum absolute atomic E-state index is 0. The molecule has 0 saturated carbocycles. The van der Waals surface area contributed by atoms with Gasteiger partial charge in [-0.05, 0) is 25.7 Å². The molecule has 0 unspecified atom stereocenters. The molecule has 6 rings (SSSR count). The topological polar surface area (TPSA) is 591 Å². The van der Waals surface area contributed by atoms with Gasteiger partial charge in [-0.2, -0.15) is 20.9 Å². The van der Waals surface area contributed by atoms with Crippen LogP contribution < -0.4 is 89.2 Å². The third kappa shape index (κ3) is 60.6. The van der Waals surface area contributed by atoms with Gasteiger partial charge in [0.15, 0.2) is 0 Å². The summed E-state index contributed by atoms with van der Waals surface area (Å²) in [5, 5.41) is 66.5. The second-order valence-corrected chi connectivity index (χ2v) is 9.22. The third-order valence-corrected chi connectivity index (χ3v) is 4.35. The van der Waals surface area contributed by atoms with Crippen LogP contribution in [0.15, 0.2) is 20.5 Å². The third-order valence-electron chi connectivity index (χ3n) is 4.35. The molecule has 0 amide bonds. The molecule has 0 bridgehead atoms. The Labute approximate surface area is 367 Å². The predicted octanol–water partition coefficient (Wildman–Crippen LogP) is -8.22. The number of rotatable bonds is 10. The summed E-state index contributed by atoms with van der Waals surface area (Å²) in [4.78, 5) is 0. The summed E-state index contributed by atoms with van der Waals surface area (Å²) in [6.07, 6.45) is 5.11. The first-order chi connectivity index (χ1) is 28.4. The first-order valence-electron chi connectivity index (χ1n) is 17.5. The van der Waals surface area contributed by atoms with Crippen molar-refractivity contribution in [3.8, 4) is 0 Å². The van der Waals surface area contributed by atoms with Crippen LogP contribution in [0, 0.1) is 0 Å². The Morgan fingerprint density at radius 1 is 0.333 bits per heavy atom. The van der Waals surface area contributed by atoms with E-state index < -0.39 is 0 Å². The van der Waals surface area contributed by atoms with E-state index in [4.69, 9.17) is 78.3 Å². The van der Waals surface area contributed by atoms with Gasteiger partial charge in [0.1, 0.15) is 23.8 Å². The van der Waals surface area contributed by atoms with Gasteiger partial charge < -0.3 is 78.3 Å². The molecule has 0 radical (unpaired) electrons. The average Bonchev–Trinajstić information content (AvgIpc) is 4.14. The minimum Gasteiger partial charge on any atom is -0.381 e. The van der Waals surface area contributed by atoms with Crippen LogP contribution in [-0.4, -0.2) is 167 Å². The number of azo groups is 2. The van der Waals surface area contributed by atoms with Crippen molar-refractivity contribution in [3.05, 3.63) is 0 Å². The molecule has 36 heteroatoms. The predicted molar refractivity (Wildman–Crippen MR) is 210 cm³/mol. The summed E-state index contributed by atoms with van der Waals surface area (Å²) in [6, 6.07) is 0. The number of aromatic nitrogens is 16. The Morgan fingerprint density at radius 3 is 0.583 bits per heavy atom. The quantitative estimate of drug-likeness (QED) is 0.0519. The molecule has 4 aromatic rings. The smallest absolute Gasteiger partial charge is 0.381 e. The van der Waals surface area contributed by atoms with Crippen LogP contribution in [0.1, 0.15) is 25.7 Å². The van der Waals surface area contributed by atoms with E-state index in [1.165, 1.54) is 25.7 Å². The molecule has 2 fully saturated rings. The molecule has 352 valence electrons. The summed E-state index contributed by atoms with van der Waals surface area (Å²) in [7, 11) is 0. The molecule has 34 nitrogen and oxygen atoms in total. The van der Waals surface area contributed by atoms with Crippen LogP contribution in [0.4, 0.5) is 23.8 Å². The van der Waals surface area contributed by atoms with Crippen LogP contribution in [0.5, 0.6) is 0 Å². The molecule has 0 spiro atoms. The molecule has 4 aromatic heterocycles. The van der Waals surface area contributed by atoms with Crippen molar-refractivity contribution in [1.82, 2.24) is 82.5 Å². The van der Waals surface area contributed by atoms with Crippen LogP contribution in [0.25, 0.3) is 0 Å². The summed E-state index contributed by atoms with van der Waals surface area (Å²) >= 11 is 0. The fraction of sp³-hybridized carbons (Fsp3) is 0.833. The van der Waals surface area contributed by atoms with Crippen molar-refractivity contribution in [2.75, 3.05) is 105 Å². The Morgan fingerprint density at radius 2 is 0.500 bits per heavy atom. The number of ether oxygens (including phenoxy) is 2. The SMILES string of the molecule is C1CCOC1.C1CCOC1.N(=N\c1nnn[n-]1)/c1nnn[n-]1.N(=N\c1nnn[n-]1)/c1nnn[n-]1.NCCN.NCCN.NCCN.NCCN.NCCN.NCCN.[Ni+2].[Ni+2].